The maximum Gasteiger partial charge on any atom is 0.274 e. The summed E-state index contributed by atoms with van der Waals surface area (Å²) in [6.45, 7) is 11.7. The van der Waals surface area contributed by atoms with Gasteiger partial charge in [-0.1, -0.05) is 31.5 Å². The zero-order valence-electron chi connectivity index (χ0n) is 16.2. The van der Waals surface area contributed by atoms with Crippen LogP contribution >= 0.6 is 11.6 Å². The Morgan fingerprint density at radius 2 is 1.73 bits per heavy atom. The lowest BCUT2D eigenvalue weighted by Gasteiger charge is -2.22. The van der Waals surface area contributed by atoms with Crippen molar-refractivity contribution in [2.75, 3.05) is 23.3 Å². The van der Waals surface area contributed by atoms with E-state index < -0.39 is 0 Å². The van der Waals surface area contributed by atoms with Crippen LogP contribution in [0.25, 0.3) is 0 Å². The first kappa shape index (κ1) is 20.2. The van der Waals surface area contributed by atoms with Crippen molar-refractivity contribution in [2.24, 2.45) is 0 Å². The fourth-order valence-corrected chi connectivity index (χ4v) is 3.28. The van der Waals surface area contributed by atoms with Crippen LogP contribution in [0.1, 0.15) is 54.0 Å². The lowest BCUT2D eigenvalue weighted by atomic mass is 10.1. The van der Waals surface area contributed by atoms with Crippen molar-refractivity contribution in [2.45, 2.75) is 47.5 Å². The van der Waals surface area contributed by atoms with Crippen molar-refractivity contribution >= 4 is 29.1 Å². The number of carbonyl (C=O) groups is 1. The highest BCUT2D eigenvalue weighted by Crippen LogP contribution is 2.27. The molecule has 1 heterocycles. The maximum absolute atomic E-state index is 12.8. The standard InChI is InChI=1S/C20H27ClN4O/c1-6-8-25(9-7-2)20-22-15(5)12-17(23-20)19(26)24-18-14(4)10-13(3)11-16(18)21/h10-12H,6-9H2,1-5H3,(H,24,26). The van der Waals surface area contributed by atoms with E-state index in [0.717, 1.165) is 42.8 Å². The predicted octanol–water partition coefficient (Wildman–Crippen LogP) is 4.93. The van der Waals surface area contributed by atoms with E-state index in [-0.39, 0.29) is 5.91 Å². The monoisotopic (exact) mass is 374 g/mol. The summed E-state index contributed by atoms with van der Waals surface area (Å²) in [4.78, 5) is 23.9. The van der Waals surface area contributed by atoms with E-state index in [9.17, 15) is 4.79 Å². The zero-order valence-corrected chi connectivity index (χ0v) is 16.9. The Kier molecular flexibility index (Phi) is 6.98. The highest BCUT2D eigenvalue weighted by molar-refractivity contribution is 6.34. The average molecular weight is 375 g/mol. The number of rotatable bonds is 7. The largest absolute Gasteiger partial charge is 0.341 e. The van der Waals surface area contributed by atoms with Crippen molar-refractivity contribution in [3.8, 4) is 0 Å². The molecule has 0 bridgehead atoms. The van der Waals surface area contributed by atoms with Gasteiger partial charge in [0.2, 0.25) is 5.95 Å². The van der Waals surface area contributed by atoms with E-state index >= 15 is 0 Å². The maximum atomic E-state index is 12.8. The van der Waals surface area contributed by atoms with Gasteiger partial charge in [0.1, 0.15) is 5.69 Å². The number of aryl methyl sites for hydroxylation is 3. The highest BCUT2D eigenvalue weighted by Gasteiger charge is 2.16. The first-order valence-electron chi connectivity index (χ1n) is 9.04. The number of nitrogens with zero attached hydrogens (tertiary/aromatic N) is 3. The Labute approximate surface area is 160 Å². The molecule has 1 N–H and O–H groups in total. The molecule has 0 unspecified atom stereocenters. The van der Waals surface area contributed by atoms with Gasteiger partial charge in [-0.15, -0.1) is 0 Å². The quantitative estimate of drug-likeness (QED) is 0.746. The van der Waals surface area contributed by atoms with E-state index in [1.54, 1.807) is 6.07 Å². The van der Waals surface area contributed by atoms with Crippen LogP contribution in [0.4, 0.5) is 11.6 Å². The van der Waals surface area contributed by atoms with Crippen molar-refractivity contribution in [1.82, 2.24) is 9.97 Å². The highest BCUT2D eigenvalue weighted by atomic mass is 35.5. The molecule has 2 rings (SSSR count). The first-order chi connectivity index (χ1) is 12.3. The molecule has 140 valence electrons. The summed E-state index contributed by atoms with van der Waals surface area (Å²) in [5.41, 5.74) is 3.72. The number of benzene rings is 1. The third-order valence-electron chi connectivity index (χ3n) is 4.02. The van der Waals surface area contributed by atoms with Crippen molar-refractivity contribution in [3.05, 3.63) is 45.7 Å². The number of carbonyl (C=O) groups excluding carboxylic acids is 1. The van der Waals surface area contributed by atoms with E-state index in [1.807, 2.05) is 32.9 Å². The second kappa shape index (κ2) is 8.99. The van der Waals surface area contributed by atoms with Crippen LogP contribution in [-0.2, 0) is 0 Å². The smallest absolute Gasteiger partial charge is 0.274 e. The minimum absolute atomic E-state index is 0.279. The number of hydrogen-bond donors (Lipinski definition) is 1. The molecule has 1 aromatic heterocycles. The normalized spacial score (nSPS) is 10.7. The summed E-state index contributed by atoms with van der Waals surface area (Å²) in [7, 11) is 0. The molecule has 0 saturated heterocycles. The minimum atomic E-state index is -0.279. The molecule has 1 aromatic carbocycles. The van der Waals surface area contributed by atoms with Gasteiger partial charge >= 0.3 is 0 Å². The zero-order chi connectivity index (χ0) is 19.3. The molecule has 26 heavy (non-hydrogen) atoms. The predicted molar refractivity (Wildman–Crippen MR) is 108 cm³/mol. The molecule has 0 aliphatic rings. The molecule has 1 amide bonds. The van der Waals surface area contributed by atoms with Crippen LogP contribution in [0.2, 0.25) is 5.02 Å². The molecule has 0 saturated carbocycles. The number of anilines is 2. The number of aromatic nitrogens is 2. The lowest BCUT2D eigenvalue weighted by Crippen LogP contribution is -2.28. The molecule has 0 aliphatic heterocycles. The van der Waals surface area contributed by atoms with Gasteiger partial charge in [-0.25, -0.2) is 9.97 Å². The second-order valence-corrected chi connectivity index (χ2v) is 6.98. The average Bonchev–Trinajstić information content (AvgIpc) is 2.57. The Balaban J connectivity index is 2.32. The molecule has 0 fully saturated rings. The molecule has 0 radical (unpaired) electrons. The molecule has 5 nitrogen and oxygen atoms in total. The number of hydrogen-bond acceptors (Lipinski definition) is 4. The van der Waals surface area contributed by atoms with Crippen molar-refractivity contribution in [3.63, 3.8) is 0 Å². The van der Waals surface area contributed by atoms with Gasteiger partial charge < -0.3 is 10.2 Å². The van der Waals surface area contributed by atoms with Crippen LogP contribution in [0.5, 0.6) is 0 Å². The third-order valence-corrected chi connectivity index (χ3v) is 4.31. The van der Waals surface area contributed by atoms with E-state index in [2.05, 4.69) is 34.0 Å². The first-order valence-corrected chi connectivity index (χ1v) is 9.42. The van der Waals surface area contributed by atoms with E-state index in [4.69, 9.17) is 11.6 Å². The Morgan fingerprint density at radius 1 is 1.08 bits per heavy atom. The molecule has 0 spiro atoms. The SMILES string of the molecule is CCCN(CCC)c1nc(C)cc(C(=O)Nc2c(C)cc(C)cc2Cl)n1. The molecule has 2 aromatic rings. The van der Waals surface area contributed by atoms with Crippen LogP contribution in [0.3, 0.4) is 0 Å². The Hall–Kier alpha value is -2.14. The molecule has 0 aliphatic carbocycles. The minimum Gasteiger partial charge on any atom is -0.341 e. The van der Waals surface area contributed by atoms with Crippen molar-refractivity contribution < 1.29 is 4.79 Å². The summed E-state index contributed by atoms with van der Waals surface area (Å²) in [5.74, 6) is 0.323. The Bertz CT molecular complexity index is 762. The van der Waals surface area contributed by atoms with Gasteiger partial charge in [0.15, 0.2) is 0 Å². The lowest BCUT2D eigenvalue weighted by molar-refractivity contribution is 0.102. The van der Waals surface area contributed by atoms with Crippen LogP contribution < -0.4 is 10.2 Å². The Morgan fingerprint density at radius 3 is 2.31 bits per heavy atom. The van der Waals surface area contributed by atoms with Gasteiger partial charge in [-0.3, -0.25) is 4.79 Å². The summed E-state index contributed by atoms with van der Waals surface area (Å²) in [5, 5.41) is 3.43. The fraction of sp³-hybridized carbons (Fsp3) is 0.450. The molecule has 0 atom stereocenters. The van der Waals surface area contributed by atoms with E-state index in [1.165, 1.54) is 0 Å². The van der Waals surface area contributed by atoms with Gasteiger partial charge in [0.25, 0.3) is 5.91 Å². The van der Waals surface area contributed by atoms with Gasteiger partial charge in [-0.05, 0) is 56.9 Å². The van der Waals surface area contributed by atoms with Crippen molar-refractivity contribution in [1.29, 1.82) is 0 Å². The van der Waals surface area contributed by atoms with Crippen LogP contribution in [0, 0.1) is 20.8 Å². The number of amides is 1. The molecular formula is C20H27ClN4O. The third kappa shape index (κ3) is 4.94. The van der Waals surface area contributed by atoms with Gasteiger partial charge in [0, 0.05) is 18.8 Å². The van der Waals surface area contributed by atoms with Crippen LogP contribution in [-0.4, -0.2) is 29.0 Å². The summed E-state index contributed by atoms with van der Waals surface area (Å²) in [6.07, 6.45) is 1.99. The molecular weight excluding hydrogens is 348 g/mol. The number of nitrogens with one attached hydrogen (secondary N) is 1. The summed E-state index contributed by atoms with van der Waals surface area (Å²) < 4.78 is 0. The van der Waals surface area contributed by atoms with Gasteiger partial charge in [0.05, 0.1) is 10.7 Å². The molecule has 6 heteroatoms. The van der Waals surface area contributed by atoms with E-state index in [0.29, 0.717) is 22.4 Å². The second-order valence-electron chi connectivity index (χ2n) is 6.57. The summed E-state index contributed by atoms with van der Waals surface area (Å²) >= 11 is 6.31. The topological polar surface area (TPSA) is 58.1 Å². The summed E-state index contributed by atoms with van der Waals surface area (Å²) in [6, 6.07) is 5.53. The fourth-order valence-electron chi connectivity index (χ4n) is 2.91. The van der Waals surface area contributed by atoms with Crippen LogP contribution in [0.15, 0.2) is 18.2 Å². The van der Waals surface area contributed by atoms with Gasteiger partial charge in [-0.2, -0.15) is 0 Å². The number of halogens is 1.